The molecule has 0 amide bonds. The molecule has 3 aromatic carbocycles. The molecule has 3 nitrogen and oxygen atoms in total. The second kappa shape index (κ2) is 12.0. The first-order valence-electron chi connectivity index (χ1n) is 10.9. The molecular weight excluding hydrogens is 467 g/mol. The SMILES string of the molecule is CCCCCCOc1ccc(C#Cc2ccc(OC(=O)c3cc(F)c(F)c(F)c3)cc2)c(F)c1F. The van der Waals surface area contributed by atoms with Crippen molar-refractivity contribution in [3.63, 3.8) is 0 Å². The zero-order valence-corrected chi connectivity index (χ0v) is 18.8. The zero-order chi connectivity index (χ0) is 25.4. The molecule has 0 aromatic heterocycles. The number of esters is 1. The van der Waals surface area contributed by atoms with Gasteiger partial charge in [0.1, 0.15) is 5.75 Å². The molecule has 0 atom stereocenters. The van der Waals surface area contributed by atoms with Crippen LogP contribution in [0.4, 0.5) is 22.0 Å². The molecule has 8 heteroatoms. The summed E-state index contributed by atoms with van der Waals surface area (Å²) in [5, 5.41) is 0. The van der Waals surface area contributed by atoms with E-state index in [1.165, 1.54) is 36.4 Å². The van der Waals surface area contributed by atoms with E-state index in [0.29, 0.717) is 24.3 Å². The molecule has 0 spiro atoms. The summed E-state index contributed by atoms with van der Waals surface area (Å²) in [5.74, 6) is -2.97. The lowest BCUT2D eigenvalue weighted by Crippen LogP contribution is -2.10. The minimum atomic E-state index is -1.69. The summed E-state index contributed by atoms with van der Waals surface area (Å²) in [7, 11) is 0. The molecule has 0 aliphatic rings. The van der Waals surface area contributed by atoms with Crippen LogP contribution in [-0.4, -0.2) is 12.6 Å². The molecule has 0 saturated heterocycles. The fourth-order valence-corrected chi connectivity index (χ4v) is 3.04. The molecular formula is C27H21F5O3. The van der Waals surface area contributed by atoms with Crippen LogP contribution in [-0.2, 0) is 0 Å². The van der Waals surface area contributed by atoms with Crippen LogP contribution >= 0.6 is 0 Å². The highest BCUT2D eigenvalue weighted by molar-refractivity contribution is 5.91. The Kier molecular flexibility index (Phi) is 8.85. The molecule has 0 heterocycles. The smallest absolute Gasteiger partial charge is 0.343 e. The van der Waals surface area contributed by atoms with Gasteiger partial charge in [-0.2, -0.15) is 4.39 Å². The number of carbonyl (C=O) groups excluding carboxylic acids is 1. The molecule has 35 heavy (non-hydrogen) atoms. The third kappa shape index (κ3) is 6.82. The van der Waals surface area contributed by atoms with Crippen molar-refractivity contribution in [1.29, 1.82) is 0 Å². The fourth-order valence-electron chi connectivity index (χ4n) is 3.04. The van der Waals surface area contributed by atoms with E-state index < -0.39 is 40.6 Å². The molecule has 0 aliphatic carbocycles. The molecule has 0 aliphatic heterocycles. The Balaban J connectivity index is 1.64. The topological polar surface area (TPSA) is 35.5 Å². The van der Waals surface area contributed by atoms with Gasteiger partial charge in [-0.1, -0.05) is 38.0 Å². The van der Waals surface area contributed by atoms with E-state index in [1.807, 2.05) is 0 Å². The third-order valence-electron chi connectivity index (χ3n) is 4.93. The highest BCUT2D eigenvalue weighted by Crippen LogP contribution is 2.23. The summed E-state index contributed by atoms with van der Waals surface area (Å²) < 4.78 is 78.5. The summed E-state index contributed by atoms with van der Waals surface area (Å²) >= 11 is 0. The summed E-state index contributed by atoms with van der Waals surface area (Å²) in [5.41, 5.74) is -0.257. The van der Waals surface area contributed by atoms with E-state index in [2.05, 4.69) is 18.8 Å². The van der Waals surface area contributed by atoms with Crippen molar-refractivity contribution < 1.29 is 36.2 Å². The summed E-state index contributed by atoms with van der Waals surface area (Å²) in [6.07, 6.45) is 3.81. The van der Waals surface area contributed by atoms with Crippen LogP contribution in [0.15, 0.2) is 48.5 Å². The quantitative estimate of drug-likeness (QED) is 0.0859. The number of halogens is 5. The molecule has 0 bridgehead atoms. The van der Waals surface area contributed by atoms with E-state index in [4.69, 9.17) is 9.47 Å². The van der Waals surface area contributed by atoms with Crippen LogP contribution in [0.1, 0.15) is 54.1 Å². The average molecular weight is 488 g/mol. The standard InChI is InChI=1S/C27H21F5O3/c1-2-3-4-5-14-34-23-13-10-18(24(30)26(23)32)9-6-17-7-11-20(12-8-17)35-27(33)19-15-21(28)25(31)22(29)16-19/h7-8,10-13,15-16H,2-5,14H2,1H3. The van der Waals surface area contributed by atoms with Crippen LogP contribution in [0.5, 0.6) is 11.5 Å². The Hall–Kier alpha value is -3.86. The van der Waals surface area contributed by atoms with Crippen molar-refractivity contribution in [2.75, 3.05) is 6.61 Å². The highest BCUT2D eigenvalue weighted by atomic mass is 19.2. The lowest BCUT2D eigenvalue weighted by Gasteiger charge is -2.08. The molecule has 0 saturated carbocycles. The van der Waals surface area contributed by atoms with Crippen molar-refractivity contribution in [3.8, 4) is 23.3 Å². The van der Waals surface area contributed by atoms with Crippen molar-refractivity contribution in [3.05, 3.63) is 94.3 Å². The number of unbranched alkanes of at least 4 members (excludes halogenated alkanes) is 3. The number of carbonyl (C=O) groups is 1. The number of hydrogen-bond donors (Lipinski definition) is 0. The van der Waals surface area contributed by atoms with Crippen LogP contribution in [0.2, 0.25) is 0 Å². The van der Waals surface area contributed by atoms with Crippen LogP contribution in [0.25, 0.3) is 0 Å². The van der Waals surface area contributed by atoms with Gasteiger partial charge in [-0.05, 0) is 55.0 Å². The lowest BCUT2D eigenvalue weighted by molar-refractivity contribution is 0.0733. The summed E-state index contributed by atoms with van der Waals surface area (Å²) in [4.78, 5) is 12.0. The van der Waals surface area contributed by atoms with Crippen molar-refractivity contribution >= 4 is 5.97 Å². The van der Waals surface area contributed by atoms with Crippen LogP contribution in [0.3, 0.4) is 0 Å². The first-order valence-corrected chi connectivity index (χ1v) is 10.9. The molecule has 0 fully saturated rings. The fraction of sp³-hybridized carbons (Fsp3) is 0.222. The Morgan fingerprint density at radius 1 is 0.800 bits per heavy atom. The maximum absolute atomic E-state index is 14.4. The molecule has 3 aromatic rings. The normalized spacial score (nSPS) is 10.5. The minimum Gasteiger partial charge on any atom is -0.490 e. The molecule has 0 N–H and O–H groups in total. The van der Waals surface area contributed by atoms with Gasteiger partial charge >= 0.3 is 5.97 Å². The van der Waals surface area contributed by atoms with Gasteiger partial charge in [0, 0.05) is 5.56 Å². The van der Waals surface area contributed by atoms with Gasteiger partial charge in [-0.3, -0.25) is 0 Å². The second-order valence-corrected chi connectivity index (χ2v) is 7.57. The third-order valence-corrected chi connectivity index (χ3v) is 4.93. The van der Waals surface area contributed by atoms with Crippen molar-refractivity contribution in [2.45, 2.75) is 32.6 Å². The Bertz CT molecular complexity index is 1240. The molecule has 0 unspecified atom stereocenters. The van der Waals surface area contributed by atoms with Crippen LogP contribution < -0.4 is 9.47 Å². The van der Waals surface area contributed by atoms with E-state index in [1.54, 1.807) is 0 Å². The summed E-state index contributed by atoms with van der Waals surface area (Å²) in [6, 6.07) is 9.30. The number of ether oxygens (including phenoxy) is 2. The Labute approximate surface area is 199 Å². The van der Waals surface area contributed by atoms with Crippen LogP contribution in [0, 0.1) is 40.9 Å². The molecule has 3 rings (SSSR count). The number of rotatable bonds is 8. The average Bonchev–Trinajstić information content (AvgIpc) is 2.85. The van der Waals surface area contributed by atoms with E-state index in [-0.39, 0.29) is 17.1 Å². The predicted octanol–water partition coefficient (Wildman–Crippen LogP) is 6.96. The minimum absolute atomic E-state index is 0.0309. The summed E-state index contributed by atoms with van der Waals surface area (Å²) in [6.45, 7) is 2.37. The monoisotopic (exact) mass is 488 g/mol. The molecule has 0 radical (unpaired) electrons. The Morgan fingerprint density at radius 3 is 2.14 bits per heavy atom. The predicted molar refractivity (Wildman–Crippen MR) is 120 cm³/mol. The highest BCUT2D eigenvalue weighted by Gasteiger charge is 2.17. The molecule has 182 valence electrons. The first kappa shape index (κ1) is 25.8. The Morgan fingerprint density at radius 2 is 1.49 bits per heavy atom. The van der Waals surface area contributed by atoms with Gasteiger partial charge in [-0.25, -0.2) is 22.4 Å². The van der Waals surface area contributed by atoms with Gasteiger partial charge < -0.3 is 9.47 Å². The maximum atomic E-state index is 14.4. The first-order chi connectivity index (χ1) is 16.8. The number of benzene rings is 3. The van der Waals surface area contributed by atoms with E-state index >= 15 is 0 Å². The second-order valence-electron chi connectivity index (χ2n) is 7.57. The van der Waals surface area contributed by atoms with Gasteiger partial charge in [0.05, 0.1) is 17.7 Å². The lowest BCUT2D eigenvalue weighted by atomic mass is 10.1. The van der Waals surface area contributed by atoms with Gasteiger partial charge in [0.15, 0.2) is 29.0 Å². The van der Waals surface area contributed by atoms with E-state index in [9.17, 15) is 26.7 Å². The van der Waals surface area contributed by atoms with E-state index in [0.717, 1.165) is 25.7 Å². The van der Waals surface area contributed by atoms with Gasteiger partial charge in [-0.15, -0.1) is 0 Å². The van der Waals surface area contributed by atoms with Gasteiger partial charge in [0.2, 0.25) is 5.82 Å². The largest absolute Gasteiger partial charge is 0.490 e. The zero-order valence-electron chi connectivity index (χ0n) is 18.8. The number of hydrogen-bond acceptors (Lipinski definition) is 3. The van der Waals surface area contributed by atoms with Gasteiger partial charge in [0.25, 0.3) is 0 Å². The van der Waals surface area contributed by atoms with Crippen molar-refractivity contribution in [1.82, 2.24) is 0 Å². The van der Waals surface area contributed by atoms with Crippen molar-refractivity contribution in [2.24, 2.45) is 0 Å². The maximum Gasteiger partial charge on any atom is 0.343 e.